The Kier molecular flexibility index (Phi) is 3.23. The molecule has 1 aromatic carbocycles. The van der Waals surface area contributed by atoms with E-state index in [4.69, 9.17) is 11.6 Å². The van der Waals surface area contributed by atoms with Gasteiger partial charge in [-0.15, -0.1) is 0 Å². The molecule has 2 fully saturated rings. The van der Waals surface area contributed by atoms with Crippen molar-refractivity contribution in [1.29, 1.82) is 0 Å². The Morgan fingerprint density at radius 2 is 2.26 bits per heavy atom. The van der Waals surface area contributed by atoms with E-state index in [1.807, 2.05) is 4.90 Å². The molecule has 1 aromatic rings. The van der Waals surface area contributed by atoms with Crippen LogP contribution >= 0.6 is 11.6 Å². The van der Waals surface area contributed by atoms with E-state index >= 15 is 0 Å². The maximum atomic E-state index is 13.4. The summed E-state index contributed by atoms with van der Waals surface area (Å²) in [6, 6.07) is 4.45. The van der Waals surface area contributed by atoms with Crippen molar-refractivity contribution in [3.05, 3.63) is 34.6 Å². The summed E-state index contributed by atoms with van der Waals surface area (Å²) in [7, 11) is 0. The van der Waals surface area contributed by atoms with Crippen molar-refractivity contribution in [3.8, 4) is 0 Å². The van der Waals surface area contributed by atoms with Crippen LogP contribution in [-0.4, -0.2) is 36.5 Å². The number of carbonyl (C=O) groups excluding carboxylic acids is 1. The SMILES string of the molecule is CC1C2CNCC2CN1C(=O)c1ccc(Cl)c(F)c1. The number of hydrogen-bond acceptors (Lipinski definition) is 2. The van der Waals surface area contributed by atoms with Gasteiger partial charge in [-0.05, 0) is 37.0 Å². The number of carbonyl (C=O) groups is 1. The van der Waals surface area contributed by atoms with Crippen molar-refractivity contribution in [2.45, 2.75) is 13.0 Å². The Bertz CT molecular complexity index is 522. The van der Waals surface area contributed by atoms with E-state index in [2.05, 4.69) is 12.2 Å². The monoisotopic (exact) mass is 282 g/mol. The van der Waals surface area contributed by atoms with Gasteiger partial charge in [-0.2, -0.15) is 0 Å². The third-order valence-electron chi connectivity index (χ3n) is 4.36. The minimum absolute atomic E-state index is 0.0482. The van der Waals surface area contributed by atoms with Crippen LogP contribution in [0.5, 0.6) is 0 Å². The molecule has 0 aromatic heterocycles. The third-order valence-corrected chi connectivity index (χ3v) is 4.67. The van der Waals surface area contributed by atoms with E-state index in [-0.39, 0.29) is 17.0 Å². The molecule has 3 rings (SSSR count). The zero-order chi connectivity index (χ0) is 13.6. The van der Waals surface area contributed by atoms with Crippen LogP contribution < -0.4 is 5.32 Å². The first-order valence-electron chi connectivity index (χ1n) is 6.54. The summed E-state index contributed by atoms with van der Waals surface area (Å²) >= 11 is 5.64. The lowest BCUT2D eigenvalue weighted by atomic mass is 9.95. The molecule has 2 aliphatic rings. The van der Waals surface area contributed by atoms with E-state index in [0.29, 0.717) is 17.4 Å². The van der Waals surface area contributed by atoms with Gasteiger partial charge in [-0.1, -0.05) is 11.6 Å². The average molecular weight is 283 g/mol. The van der Waals surface area contributed by atoms with Crippen LogP contribution in [0.1, 0.15) is 17.3 Å². The summed E-state index contributed by atoms with van der Waals surface area (Å²) in [5, 5.41) is 3.40. The molecule has 2 heterocycles. The highest BCUT2D eigenvalue weighted by molar-refractivity contribution is 6.30. The smallest absolute Gasteiger partial charge is 0.254 e. The van der Waals surface area contributed by atoms with Gasteiger partial charge in [0.05, 0.1) is 5.02 Å². The van der Waals surface area contributed by atoms with E-state index in [1.54, 1.807) is 6.07 Å². The van der Waals surface area contributed by atoms with Gasteiger partial charge in [-0.25, -0.2) is 4.39 Å². The highest BCUT2D eigenvalue weighted by Gasteiger charge is 2.43. The van der Waals surface area contributed by atoms with Crippen molar-refractivity contribution >= 4 is 17.5 Å². The second-order valence-electron chi connectivity index (χ2n) is 5.41. The molecular formula is C14H16ClFN2O. The summed E-state index contributed by atoms with van der Waals surface area (Å²) in [5.74, 6) is 0.399. The van der Waals surface area contributed by atoms with Crippen LogP contribution in [0.4, 0.5) is 4.39 Å². The highest BCUT2D eigenvalue weighted by Crippen LogP contribution is 2.33. The molecule has 5 heteroatoms. The van der Waals surface area contributed by atoms with Crippen molar-refractivity contribution in [2.24, 2.45) is 11.8 Å². The van der Waals surface area contributed by atoms with Crippen LogP contribution in [-0.2, 0) is 0 Å². The Morgan fingerprint density at radius 3 is 2.95 bits per heavy atom. The molecule has 3 atom stereocenters. The van der Waals surface area contributed by atoms with Gasteiger partial charge >= 0.3 is 0 Å². The van der Waals surface area contributed by atoms with Gasteiger partial charge in [0.1, 0.15) is 5.82 Å². The van der Waals surface area contributed by atoms with Crippen molar-refractivity contribution in [2.75, 3.05) is 19.6 Å². The molecule has 3 unspecified atom stereocenters. The topological polar surface area (TPSA) is 32.3 Å². The maximum absolute atomic E-state index is 13.4. The number of halogens is 2. The summed E-state index contributed by atoms with van der Waals surface area (Å²) < 4.78 is 13.4. The summed E-state index contributed by atoms with van der Waals surface area (Å²) in [4.78, 5) is 14.3. The number of amides is 1. The van der Waals surface area contributed by atoms with Crippen molar-refractivity contribution in [3.63, 3.8) is 0 Å². The van der Waals surface area contributed by atoms with Crippen LogP contribution in [0, 0.1) is 17.7 Å². The molecule has 19 heavy (non-hydrogen) atoms. The predicted octanol–water partition coefficient (Wildman–Crippen LogP) is 2.16. The van der Waals surface area contributed by atoms with Crippen LogP contribution in [0.2, 0.25) is 5.02 Å². The molecular weight excluding hydrogens is 267 g/mol. The zero-order valence-electron chi connectivity index (χ0n) is 10.7. The van der Waals surface area contributed by atoms with Gasteiger partial charge < -0.3 is 10.2 Å². The quantitative estimate of drug-likeness (QED) is 0.856. The number of nitrogens with one attached hydrogen (secondary N) is 1. The molecule has 3 nitrogen and oxygen atoms in total. The fourth-order valence-corrected chi connectivity index (χ4v) is 3.35. The molecule has 1 N–H and O–H groups in total. The third kappa shape index (κ3) is 2.13. The van der Waals surface area contributed by atoms with Gasteiger partial charge in [0.15, 0.2) is 0 Å². The molecule has 1 amide bonds. The summed E-state index contributed by atoms with van der Waals surface area (Å²) in [6.07, 6.45) is 0. The van der Waals surface area contributed by atoms with Crippen molar-refractivity contribution < 1.29 is 9.18 Å². The minimum Gasteiger partial charge on any atom is -0.335 e. The molecule has 2 aliphatic heterocycles. The van der Waals surface area contributed by atoms with E-state index in [0.717, 1.165) is 19.6 Å². The number of benzene rings is 1. The molecule has 2 saturated heterocycles. The predicted molar refractivity (Wildman–Crippen MR) is 71.8 cm³/mol. The second kappa shape index (κ2) is 4.76. The van der Waals surface area contributed by atoms with E-state index in [9.17, 15) is 9.18 Å². The summed E-state index contributed by atoms with van der Waals surface area (Å²) in [5.41, 5.74) is 0.377. The largest absolute Gasteiger partial charge is 0.335 e. The Labute approximate surface area is 116 Å². The van der Waals surface area contributed by atoms with Gasteiger partial charge in [0, 0.05) is 31.2 Å². The number of rotatable bonds is 1. The first-order chi connectivity index (χ1) is 9.08. The fraction of sp³-hybridized carbons (Fsp3) is 0.500. The van der Waals surface area contributed by atoms with Crippen molar-refractivity contribution in [1.82, 2.24) is 10.2 Å². The van der Waals surface area contributed by atoms with Crippen LogP contribution in [0.25, 0.3) is 0 Å². The van der Waals surface area contributed by atoms with Crippen LogP contribution in [0.3, 0.4) is 0 Å². The Morgan fingerprint density at radius 1 is 1.47 bits per heavy atom. The van der Waals surface area contributed by atoms with Gasteiger partial charge in [0.25, 0.3) is 5.91 Å². The molecule has 0 spiro atoms. The van der Waals surface area contributed by atoms with Gasteiger partial charge in [-0.3, -0.25) is 4.79 Å². The average Bonchev–Trinajstić information content (AvgIpc) is 2.95. The van der Waals surface area contributed by atoms with Crippen LogP contribution in [0.15, 0.2) is 18.2 Å². The molecule has 0 aliphatic carbocycles. The van der Waals surface area contributed by atoms with E-state index < -0.39 is 5.82 Å². The number of nitrogens with zero attached hydrogens (tertiary/aromatic N) is 1. The lowest BCUT2D eigenvalue weighted by Crippen LogP contribution is -2.38. The van der Waals surface area contributed by atoms with E-state index in [1.165, 1.54) is 12.1 Å². The zero-order valence-corrected chi connectivity index (χ0v) is 11.5. The number of likely N-dealkylation sites (tertiary alicyclic amines) is 1. The molecule has 0 saturated carbocycles. The first kappa shape index (κ1) is 12.9. The fourth-order valence-electron chi connectivity index (χ4n) is 3.23. The lowest BCUT2D eigenvalue weighted by Gasteiger charge is -2.24. The molecule has 0 bridgehead atoms. The minimum atomic E-state index is -0.541. The molecule has 102 valence electrons. The number of fused-ring (bicyclic) bond motifs is 1. The molecule has 0 radical (unpaired) electrons. The van der Waals surface area contributed by atoms with Gasteiger partial charge in [0.2, 0.25) is 0 Å². The lowest BCUT2D eigenvalue weighted by molar-refractivity contribution is 0.0728. The number of hydrogen-bond donors (Lipinski definition) is 1. The maximum Gasteiger partial charge on any atom is 0.254 e. The first-order valence-corrected chi connectivity index (χ1v) is 6.92. The normalized spacial score (nSPS) is 29.6. The Balaban J connectivity index is 1.82. The highest BCUT2D eigenvalue weighted by atomic mass is 35.5. The summed E-state index contributed by atoms with van der Waals surface area (Å²) in [6.45, 7) is 4.75. The second-order valence-corrected chi connectivity index (χ2v) is 5.82. The Hall–Kier alpha value is -1.13. The standard InChI is InChI=1S/C14H16ClFN2O/c1-8-11-6-17-5-10(11)7-18(8)14(19)9-2-3-12(15)13(16)4-9/h2-4,8,10-11,17H,5-7H2,1H3.